The quantitative estimate of drug-likeness (QED) is 0.732. The maximum Gasteiger partial charge on any atom is 0.274 e. The summed E-state index contributed by atoms with van der Waals surface area (Å²) in [5, 5.41) is 4.22. The molecule has 0 bridgehead atoms. The maximum absolute atomic E-state index is 12.8. The highest BCUT2D eigenvalue weighted by Crippen LogP contribution is 2.30. The lowest BCUT2D eigenvalue weighted by Gasteiger charge is -2.25. The molecule has 0 N–H and O–H groups in total. The van der Waals surface area contributed by atoms with Crippen molar-refractivity contribution in [2.75, 3.05) is 33.5 Å². The fourth-order valence-electron chi connectivity index (χ4n) is 2.84. The van der Waals surface area contributed by atoms with Gasteiger partial charge in [0.2, 0.25) is 0 Å². The van der Waals surface area contributed by atoms with E-state index in [4.69, 9.17) is 9.47 Å². The van der Waals surface area contributed by atoms with Crippen molar-refractivity contribution in [1.29, 1.82) is 0 Å². The molecular formula is C16H23N3O4. The van der Waals surface area contributed by atoms with E-state index < -0.39 is 0 Å². The fourth-order valence-corrected chi connectivity index (χ4v) is 2.84. The van der Waals surface area contributed by atoms with Gasteiger partial charge in [0.05, 0.1) is 19.8 Å². The molecule has 0 aromatic carbocycles. The third-order valence-electron chi connectivity index (χ3n) is 4.32. The Labute approximate surface area is 135 Å². The summed E-state index contributed by atoms with van der Waals surface area (Å²) in [5.74, 6) is 0.310. The molecule has 0 radical (unpaired) electrons. The highest BCUT2D eigenvalue weighted by Gasteiger charge is 2.35. The van der Waals surface area contributed by atoms with Gasteiger partial charge >= 0.3 is 0 Å². The minimum atomic E-state index is -0.222. The van der Waals surface area contributed by atoms with Crippen molar-refractivity contribution in [3.8, 4) is 0 Å². The molecule has 1 aliphatic heterocycles. The monoisotopic (exact) mass is 321 g/mol. The van der Waals surface area contributed by atoms with Gasteiger partial charge in [0, 0.05) is 38.3 Å². The molecule has 2 fully saturated rings. The van der Waals surface area contributed by atoms with Gasteiger partial charge in [-0.2, -0.15) is 5.10 Å². The summed E-state index contributed by atoms with van der Waals surface area (Å²) in [4.78, 5) is 26.5. The highest BCUT2D eigenvalue weighted by molar-refractivity contribution is 5.92. The van der Waals surface area contributed by atoms with E-state index in [9.17, 15) is 9.59 Å². The highest BCUT2D eigenvalue weighted by atomic mass is 16.5. The van der Waals surface area contributed by atoms with Crippen LogP contribution >= 0.6 is 0 Å². The first-order valence-electron chi connectivity index (χ1n) is 8.15. The molecule has 3 rings (SSSR count). The van der Waals surface area contributed by atoms with Gasteiger partial charge in [0.1, 0.15) is 5.69 Å². The zero-order valence-corrected chi connectivity index (χ0v) is 13.4. The molecule has 1 aliphatic carbocycles. The summed E-state index contributed by atoms with van der Waals surface area (Å²) in [6.07, 6.45) is 3.09. The van der Waals surface area contributed by atoms with Crippen LogP contribution in [0.4, 0.5) is 0 Å². The number of hydrogen-bond acceptors (Lipinski definition) is 5. The van der Waals surface area contributed by atoms with Gasteiger partial charge in [-0.25, -0.2) is 4.68 Å². The molecule has 1 saturated carbocycles. The molecule has 126 valence electrons. The summed E-state index contributed by atoms with van der Waals surface area (Å²) in [6.45, 7) is 2.93. The lowest BCUT2D eigenvalue weighted by atomic mass is 10.1. The third-order valence-corrected chi connectivity index (χ3v) is 4.32. The average molecular weight is 321 g/mol. The van der Waals surface area contributed by atoms with Crippen molar-refractivity contribution in [3.05, 3.63) is 28.2 Å². The van der Waals surface area contributed by atoms with Crippen molar-refractivity contribution in [2.24, 2.45) is 5.92 Å². The number of carbonyl (C=O) groups excluding carboxylic acids is 1. The van der Waals surface area contributed by atoms with Crippen LogP contribution in [0.2, 0.25) is 0 Å². The largest absolute Gasteiger partial charge is 0.383 e. The summed E-state index contributed by atoms with van der Waals surface area (Å²) >= 11 is 0. The number of methoxy groups -OCH3 is 1. The number of nitrogens with zero attached hydrogens (tertiary/aromatic N) is 3. The molecule has 2 heterocycles. The predicted octanol–water partition coefficient (Wildman–Crippen LogP) is 0.531. The van der Waals surface area contributed by atoms with Crippen molar-refractivity contribution in [1.82, 2.24) is 14.7 Å². The van der Waals surface area contributed by atoms with Gasteiger partial charge in [-0.05, 0) is 25.3 Å². The van der Waals surface area contributed by atoms with E-state index in [-0.39, 0.29) is 11.5 Å². The summed E-state index contributed by atoms with van der Waals surface area (Å²) in [6, 6.07) is 3.23. The van der Waals surface area contributed by atoms with Crippen molar-refractivity contribution >= 4 is 5.91 Å². The fraction of sp³-hybridized carbons (Fsp3) is 0.688. The van der Waals surface area contributed by atoms with Crippen LogP contribution in [0.1, 0.15) is 29.8 Å². The zero-order valence-electron chi connectivity index (χ0n) is 13.4. The van der Waals surface area contributed by atoms with Crippen LogP contribution in [-0.4, -0.2) is 60.1 Å². The normalized spacial score (nSPS) is 20.7. The first kappa shape index (κ1) is 16.1. The first-order valence-corrected chi connectivity index (χ1v) is 8.15. The van der Waals surface area contributed by atoms with Crippen LogP contribution in [0.25, 0.3) is 0 Å². The molecule has 1 amide bonds. The molecular weight excluding hydrogens is 298 g/mol. The molecule has 7 heteroatoms. The number of hydrogen-bond donors (Lipinski definition) is 0. The Morgan fingerprint density at radius 1 is 1.43 bits per heavy atom. The van der Waals surface area contributed by atoms with E-state index in [1.807, 2.05) is 4.90 Å². The van der Waals surface area contributed by atoms with E-state index in [0.717, 1.165) is 32.5 Å². The van der Waals surface area contributed by atoms with E-state index in [1.165, 1.54) is 16.8 Å². The van der Waals surface area contributed by atoms with E-state index in [0.29, 0.717) is 37.4 Å². The standard InChI is InChI=1S/C16H23N3O4/c1-22-9-7-19-15(20)5-4-14(17-19)16(21)18(13-2-3-13)10-12-6-8-23-11-12/h4-5,12-13H,2-3,6-11H2,1H3/t12-/m1/s1. The van der Waals surface area contributed by atoms with E-state index >= 15 is 0 Å². The minimum Gasteiger partial charge on any atom is -0.383 e. The number of amides is 1. The molecule has 1 aromatic rings. The van der Waals surface area contributed by atoms with Crippen LogP contribution in [0.15, 0.2) is 16.9 Å². The number of carbonyl (C=O) groups is 1. The summed E-state index contributed by atoms with van der Waals surface area (Å²) in [7, 11) is 1.57. The van der Waals surface area contributed by atoms with Crippen LogP contribution in [0, 0.1) is 5.92 Å². The molecule has 1 aromatic heterocycles. The second-order valence-corrected chi connectivity index (χ2v) is 6.19. The van der Waals surface area contributed by atoms with Crippen molar-refractivity contribution in [2.45, 2.75) is 31.8 Å². The Morgan fingerprint density at radius 3 is 2.91 bits per heavy atom. The smallest absolute Gasteiger partial charge is 0.274 e. The van der Waals surface area contributed by atoms with Gasteiger partial charge in [0.25, 0.3) is 11.5 Å². The molecule has 1 atom stereocenters. The second kappa shape index (κ2) is 7.23. The first-order chi connectivity index (χ1) is 11.2. The van der Waals surface area contributed by atoms with Crippen LogP contribution in [0.5, 0.6) is 0 Å². The lowest BCUT2D eigenvalue weighted by Crippen LogP contribution is -2.39. The van der Waals surface area contributed by atoms with E-state index in [1.54, 1.807) is 7.11 Å². The number of aromatic nitrogens is 2. The summed E-state index contributed by atoms with van der Waals surface area (Å²) < 4.78 is 11.7. The Morgan fingerprint density at radius 2 is 2.26 bits per heavy atom. The summed E-state index contributed by atoms with van der Waals surface area (Å²) in [5.41, 5.74) is 0.104. The maximum atomic E-state index is 12.8. The second-order valence-electron chi connectivity index (χ2n) is 6.19. The molecule has 0 unspecified atom stereocenters. The topological polar surface area (TPSA) is 73.7 Å². The van der Waals surface area contributed by atoms with Gasteiger partial charge in [-0.3, -0.25) is 9.59 Å². The van der Waals surface area contributed by atoms with Crippen molar-refractivity contribution in [3.63, 3.8) is 0 Å². The Bertz CT molecular complexity index is 606. The zero-order chi connectivity index (χ0) is 16.2. The van der Waals surface area contributed by atoms with Crippen molar-refractivity contribution < 1.29 is 14.3 Å². The Kier molecular flexibility index (Phi) is 5.07. The van der Waals surface area contributed by atoms with Crippen LogP contribution in [-0.2, 0) is 16.0 Å². The van der Waals surface area contributed by atoms with Gasteiger partial charge in [-0.15, -0.1) is 0 Å². The Balaban J connectivity index is 1.75. The predicted molar refractivity (Wildman–Crippen MR) is 83.4 cm³/mol. The SMILES string of the molecule is COCCn1nc(C(=O)N(C[C@H]2CCOC2)C2CC2)ccc1=O. The molecule has 1 saturated heterocycles. The molecule has 0 spiro atoms. The molecule has 23 heavy (non-hydrogen) atoms. The molecule has 7 nitrogen and oxygen atoms in total. The average Bonchev–Trinajstić information content (AvgIpc) is 3.27. The minimum absolute atomic E-state index is 0.0921. The van der Waals surface area contributed by atoms with Crippen LogP contribution in [0.3, 0.4) is 0 Å². The van der Waals surface area contributed by atoms with Gasteiger partial charge < -0.3 is 14.4 Å². The van der Waals surface area contributed by atoms with Gasteiger partial charge in [0.15, 0.2) is 0 Å². The Hall–Kier alpha value is -1.73. The molecule has 2 aliphatic rings. The third kappa shape index (κ3) is 3.97. The van der Waals surface area contributed by atoms with E-state index in [2.05, 4.69) is 5.10 Å². The van der Waals surface area contributed by atoms with Gasteiger partial charge in [-0.1, -0.05) is 0 Å². The number of ether oxygens (including phenoxy) is 2. The lowest BCUT2D eigenvalue weighted by molar-refractivity contribution is 0.0696. The number of rotatable bonds is 7. The van der Waals surface area contributed by atoms with Crippen LogP contribution < -0.4 is 5.56 Å².